The molecule has 0 bridgehead atoms. The fourth-order valence-electron chi connectivity index (χ4n) is 3.49. The van der Waals surface area contributed by atoms with Crippen molar-refractivity contribution >= 4 is 40.3 Å². The zero-order chi connectivity index (χ0) is 21.5. The zero-order valence-corrected chi connectivity index (χ0v) is 17.7. The minimum atomic E-state index is -0.445. The molecule has 1 heterocycles. The van der Waals surface area contributed by atoms with E-state index in [1.807, 2.05) is 12.1 Å². The summed E-state index contributed by atoms with van der Waals surface area (Å²) in [6.45, 7) is 7.20. The summed E-state index contributed by atoms with van der Waals surface area (Å²) in [5, 5.41) is 17.6. The van der Waals surface area contributed by atoms with E-state index in [1.54, 1.807) is 24.3 Å². The van der Waals surface area contributed by atoms with Crippen LogP contribution in [0.2, 0.25) is 5.02 Å². The van der Waals surface area contributed by atoms with Gasteiger partial charge in [0.15, 0.2) is 0 Å². The van der Waals surface area contributed by atoms with Crippen molar-refractivity contribution in [3.63, 3.8) is 0 Å². The molecule has 1 fully saturated rings. The van der Waals surface area contributed by atoms with Crippen LogP contribution in [-0.4, -0.2) is 55.0 Å². The number of nitro benzene ring substituents is 1. The van der Waals surface area contributed by atoms with Crippen LogP contribution in [0, 0.1) is 10.1 Å². The summed E-state index contributed by atoms with van der Waals surface area (Å²) in [7, 11) is 0. The Bertz CT molecular complexity index is 900. The number of anilines is 3. The fourth-order valence-corrected chi connectivity index (χ4v) is 3.67. The number of nitrogens with one attached hydrogen (secondary N) is 2. The van der Waals surface area contributed by atoms with Crippen LogP contribution >= 0.6 is 11.6 Å². The summed E-state index contributed by atoms with van der Waals surface area (Å²) < 4.78 is 0. The van der Waals surface area contributed by atoms with Gasteiger partial charge in [-0.3, -0.25) is 14.9 Å². The van der Waals surface area contributed by atoms with Crippen LogP contribution in [0.1, 0.15) is 13.3 Å². The first kappa shape index (κ1) is 21.9. The molecule has 2 N–H and O–H groups in total. The third kappa shape index (κ3) is 5.61. The lowest BCUT2D eigenvalue weighted by atomic mass is 10.2. The molecule has 0 aliphatic carbocycles. The van der Waals surface area contributed by atoms with E-state index in [9.17, 15) is 14.9 Å². The molecule has 2 aromatic rings. The number of carbonyl (C=O) groups excluding carboxylic acids is 1. The number of benzene rings is 2. The predicted octanol–water partition coefficient (Wildman–Crippen LogP) is 3.83. The van der Waals surface area contributed by atoms with Crippen LogP contribution in [0.15, 0.2) is 42.5 Å². The minimum Gasteiger partial charge on any atom is -0.379 e. The monoisotopic (exact) mass is 431 g/mol. The Morgan fingerprint density at radius 2 is 1.87 bits per heavy atom. The van der Waals surface area contributed by atoms with Crippen molar-refractivity contribution in [2.45, 2.75) is 13.3 Å². The highest BCUT2D eigenvalue weighted by Gasteiger charge is 2.19. The Balaban J connectivity index is 1.60. The SMILES string of the molecule is CCN1CCN(c2ccc(Cl)cc2NC(=O)CCNc2ccccc2[N+](=O)[O-])CC1. The highest BCUT2D eigenvalue weighted by atomic mass is 35.5. The number of likely N-dealkylation sites (N-methyl/N-ethyl adjacent to an activating group) is 1. The number of piperazine rings is 1. The van der Waals surface area contributed by atoms with Crippen LogP contribution in [0.5, 0.6) is 0 Å². The molecule has 3 rings (SSSR count). The first-order valence-electron chi connectivity index (χ1n) is 10.0. The summed E-state index contributed by atoms with van der Waals surface area (Å²) in [5.41, 5.74) is 2.02. The van der Waals surface area contributed by atoms with Crippen molar-refractivity contribution in [2.75, 3.05) is 54.8 Å². The molecule has 1 aliphatic rings. The van der Waals surface area contributed by atoms with Crippen molar-refractivity contribution in [3.8, 4) is 0 Å². The number of hydrogen-bond acceptors (Lipinski definition) is 6. The highest BCUT2D eigenvalue weighted by molar-refractivity contribution is 6.31. The largest absolute Gasteiger partial charge is 0.379 e. The van der Waals surface area contributed by atoms with Gasteiger partial charge in [-0.2, -0.15) is 0 Å². The molecular formula is C21H26ClN5O3. The Morgan fingerprint density at radius 1 is 1.13 bits per heavy atom. The number of amides is 1. The first-order chi connectivity index (χ1) is 14.5. The number of para-hydroxylation sites is 2. The quantitative estimate of drug-likeness (QED) is 0.487. The maximum absolute atomic E-state index is 12.5. The summed E-state index contributed by atoms with van der Waals surface area (Å²) in [6.07, 6.45) is 0.168. The van der Waals surface area contributed by atoms with Gasteiger partial charge in [-0.25, -0.2) is 0 Å². The van der Waals surface area contributed by atoms with Crippen molar-refractivity contribution in [1.29, 1.82) is 0 Å². The van der Waals surface area contributed by atoms with E-state index >= 15 is 0 Å². The van der Waals surface area contributed by atoms with Crippen molar-refractivity contribution in [2.24, 2.45) is 0 Å². The van der Waals surface area contributed by atoms with Crippen LogP contribution in [0.25, 0.3) is 0 Å². The van der Waals surface area contributed by atoms with Gasteiger partial charge >= 0.3 is 0 Å². The number of hydrogen-bond donors (Lipinski definition) is 2. The molecule has 30 heavy (non-hydrogen) atoms. The molecule has 9 heteroatoms. The van der Waals surface area contributed by atoms with Gasteiger partial charge in [-0.1, -0.05) is 30.7 Å². The van der Waals surface area contributed by atoms with Gasteiger partial charge < -0.3 is 20.4 Å². The fraction of sp³-hybridized carbons (Fsp3) is 0.381. The molecule has 0 saturated carbocycles. The van der Waals surface area contributed by atoms with Crippen molar-refractivity contribution in [1.82, 2.24) is 4.90 Å². The van der Waals surface area contributed by atoms with Crippen LogP contribution in [0.3, 0.4) is 0 Å². The lowest BCUT2D eigenvalue weighted by molar-refractivity contribution is -0.384. The molecule has 1 aliphatic heterocycles. The van der Waals surface area contributed by atoms with Gasteiger partial charge in [0.05, 0.1) is 16.3 Å². The molecule has 1 saturated heterocycles. The third-order valence-electron chi connectivity index (χ3n) is 5.16. The van der Waals surface area contributed by atoms with Crippen LogP contribution in [-0.2, 0) is 4.79 Å². The topological polar surface area (TPSA) is 90.8 Å². The molecule has 160 valence electrons. The number of rotatable bonds is 8. The number of nitro groups is 1. The lowest BCUT2D eigenvalue weighted by Gasteiger charge is -2.36. The van der Waals surface area contributed by atoms with Gasteiger partial charge in [0.1, 0.15) is 5.69 Å². The van der Waals surface area contributed by atoms with E-state index in [2.05, 4.69) is 27.4 Å². The van der Waals surface area contributed by atoms with Crippen LogP contribution in [0.4, 0.5) is 22.7 Å². The summed E-state index contributed by atoms with van der Waals surface area (Å²) in [6, 6.07) is 11.9. The second-order valence-electron chi connectivity index (χ2n) is 7.08. The highest BCUT2D eigenvalue weighted by Crippen LogP contribution is 2.30. The maximum Gasteiger partial charge on any atom is 0.292 e. The van der Waals surface area contributed by atoms with E-state index in [1.165, 1.54) is 6.07 Å². The molecule has 2 aromatic carbocycles. The van der Waals surface area contributed by atoms with Crippen LogP contribution < -0.4 is 15.5 Å². The van der Waals surface area contributed by atoms with Gasteiger partial charge in [-0.05, 0) is 30.8 Å². The Labute approximate surface area is 181 Å². The average molecular weight is 432 g/mol. The molecule has 1 amide bonds. The smallest absolute Gasteiger partial charge is 0.292 e. The molecule has 0 spiro atoms. The number of halogens is 1. The summed E-state index contributed by atoms with van der Waals surface area (Å²) >= 11 is 6.16. The third-order valence-corrected chi connectivity index (χ3v) is 5.40. The summed E-state index contributed by atoms with van der Waals surface area (Å²) in [5.74, 6) is -0.184. The second-order valence-corrected chi connectivity index (χ2v) is 7.52. The van der Waals surface area contributed by atoms with Gasteiger partial charge in [-0.15, -0.1) is 0 Å². The van der Waals surface area contributed by atoms with Gasteiger partial charge in [0.2, 0.25) is 5.91 Å². The maximum atomic E-state index is 12.5. The lowest BCUT2D eigenvalue weighted by Crippen LogP contribution is -2.46. The first-order valence-corrected chi connectivity index (χ1v) is 10.4. The Kier molecular flexibility index (Phi) is 7.48. The standard InChI is InChI=1S/C21H26ClN5O3/c1-2-25-11-13-26(14-12-25)19-8-7-16(22)15-18(19)24-21(28)9-10-23-17-5-3-4-6-20(17)27(29)30/h3-8,15,23H,2,9-14H2,1H3,(H,24,28). The number of carbonyl (C=O) groups is 1. The van der Waals surface area contributed by atoms with E-state index in [4.69, 9.17) is 11.6 Å². The molecule has 8 nitrogen and oxygen atoms in total. The van der Waals surface area contributed by atoms with E-state index < -0.39 is 4.92 Å². The Hall–Kier alpha value is -2.84. The molecule has 0 radical (unpaired) electrons. The Morgan fingerprint density at radius 3 is 2.57 bits per heavy atom. The minimum absolute atomic E-state index is 0.0127. The molecular weight excluding hydrogens is 406 g/mol. The van der Waals surface area contributed by atoms with E-state index in [0.29, 0.717) is 16.4 Å². The van der Waals surface area contributed by atoms with Gasteiger partial charge in [0, 0.05) is 50.2 Å². The molecule has 0 atom stereocenters. The predicted molar refractivity (Wildman–Crippen MR) is 121 cm³/mol. The van der Waals surface area contributed by atoms with Crippen molar-refractivity contribution in [3.05, 3.63) is 57.6 Å². The van der Waals surface area contributed by atoms with Crippen molar-refractivity contribution < 1.29 is 9.72 Å². The van der Waals surface area contributed by atoms with E-state index in [0.717, 1.165) is 38.4 Å². The van der Waals surface area contributed by atoms with E-state index in [-0.39, 0.29) is 24.6 Å². The average Bonchev–Trinajstić information content (AvgIpc) is 2.74. The summed E-state index contributed by atoms with van der Waals surface area (Å²) in [4.78, 5) is 27.8. The zero-order valence-electron chi connectivity index (χ0n) is 16.9. The molecule has 0 aromatic heterocycles. The van der Waals surface area contributed by atoms with Gasteiger partial charge in [0.25, 0.3) is 5.69 Å². The second kappa shape index (κ2) is 10.3. The normalized spacial score (nSPS) is 14.4. The molecule has 0 unspecified atom stereocenters. The number of nitrogens with zero attached hydrogens (tertiary/aromatic N) is 3.